The first-order valence-corrected chi connectivity index (χ1v) is 7.00. The number of nitrogens with zero attached hydrogens (tertiary/aromatic N) is 3. The maximum absolute atomic E-state index is 12.3. The van der Waals surface area contributed by atoms with Gasteiger partial charge in [-0.25, -0.2) is 9.97 Å². The van der Waals surface area contributed by atoms with Crippen molar-refractivity contribution < 1.29 is 9.53 Å². The first kappa shape index (κ1) is 15.0. The van der Waals surface area contributed by atoms with Gasteiger partial charge in [0, 0.05) is 18.7 Å². The lowest BCUT2D eigenvalue weighted by atomic mass is 10.2. The average Bonchev–Trinajstić information content (AvgIpc) is 2.44. The zero-order valence-corrected chi connectivity index (χ0v) is 12.7. The van der Waals surface area contributed by atoms with Crippen LogP contribution in [0.5, 0.6) is 0 Å². The molecule has 1 amide bonds. The molecule has 0 radical (unpaired) electrons. The average molecular weight is 299 g/mol. The number of aryl methyl sites for hydroxylation is 1. The van der Waals surface area contributed by atoms with E-state index in [9.17, 15) is 4.79 Å². The van der Waals surface area contributed by atoms with Crippen LogP contribution in [0.15, 0.2) is 0 Å². The second-order valence-corrected chi connectivity index (χ2v) is 5.20. The van der Waals surface area contributed by atoms with Crippen LogP contribution in [0.1, 0.15) is 18.3 Å². The summed E-state index contributed by atoms with van der Waals surface area (Å²) in [5, 5.41) is 3.53. The minimum absolute atomic E-state index is 0.0417. The van der Waals surface area contributed by atoms with Gasteiger partial charge in [0.15, 0.2) is 0 Å². The van der Waals surface area contributed by atoms with Gasteiger partial charge in [-0.3, -0.25) is 4.79 Å². The first-order chi connectivity index (χ1) is 9.49. The van der Waals surface area contributed by atoms with E-state index in [1.54, 1.807) is 11.8 Å². The Labute approximate surface area is 123 Å². The molecule has 1 saturated heterocycles. The summed E-state index contributed by atoms with van der Waals surface area (Å²) < 4.78 is 5.25. The Morgan fingerprint density at radius 3 is 2.65 bits per heavy atom. The molecule has 0 aromatic carbocycles. The van der Waals surface area contributed by atoms with Gasteiger partial charge in [-0.15, -0.1) is 0 Å². The number of halogens is 1. The Bertz CT molecular complexity index is 503. The van der Waals surface area contributed by atoms with Crippen molar-refractivity contribution in [3.63, 3.8) is 0 Å². The summed E-state index contributed by atoms with van der Waals surface area (Å²) in [6.07, 6.45) is 0. The highest BCUT2D eigenvalue weighted by atomic mass is 35.5. The topological polar surface area (TPSA) is 67.4 Å². The van der Waals surface area contributed by atoms with E-state index in [0.29, 0.717) is 43.1 Å². The number of hydrogen-bond donors (Lipinski definition) is 1. The number of anilines is 1. The molecule has 1 aliphatic heterocycles. The van der Waals surface area contributed by atoms with Crippen LogP contribution in [0.4, 0.5) is 5.82 Å². The van der Waals surface area contributed by atoms with Gasteiger partial charge in [0.25, 0.3) is 0 Å². The van der Waals surface area contributed by atoms with Gasteiger partial charge in [-0.2, -0.15) is 0 Å². The van der Waals surface area contributed by atoms with Gasteiger partial charge < -0.3 is 15.0 Å². The van der Waals surface area contributed by atoms with Crippen LogP contribution in [-0.4, -0.2) is 53.1 Å². The Morgan fingerprint density at radius 2 is 2.00 bits per heavy atom. The summed E-state index contributed by atoms with van der Waals surface area (Å²) in [6.45, 7) is 7.87. The normalized spacial score (nSPS) is 16.9. The van der Waals surface area contributed by atoms with Gasteiger partial charge in [-0.1, -0.05) is 11.6 Å². The molecule has 2 rings (SSSR count). The van der Waals surface area contributed by atoms with E-state index in [0.717, 1.165) is 5.56 Å². The molecule has 1 aliphatic rings. The fraction of sp³-hybridized carbons (Fsp3) is 0.615. The third-order valence-corrected chi connectivity index (χ3v) is 3.61. The number of carbonyl (C=O) groups is 1. The van der Waals surface area contributed by atoms with Crippen molar-refractivity contribution in [2.45, 2.75) is 26.8 Å². The van der Waals surface area contributed by atoms with Gasteiger partial charge in [-0.05, 0) is 20.8 Å². The molecule has 1 aromatic rings. The van der Waals surface area contributed by atoms with E-state index in [2.05, 4.69) is 15.3 Å². The summed E-state index contributed by atoms with van der Waals surface area (Å²) in [5.41, 5.74) is 0.749. The van der Waals surface area contributed by atoms with Crippen molar-refractivity contribution in [2.75, 3.05) is 31.6 Å². The molecule has 2 heterocycles. The van der Waals surface area contributed by atoms with Crippen molar-refractivity contribution >= 4 is 23.3 Å². The Morgan fingerprint density at radius 1 is 1.35 bits per heavy atom. The molecule has 1 atom stereocenters. The van der Waals surface area contributed by atoms with Gasteiger partial charge in [0.1, 0.15) is 22.8 Å². The molecule has 20 heavy (non-hydrogen) atoms. The van der Waals surface area contributed by atoms with Crippen molar-refractivity contribution in [1.82, 2.24) is 14.9 Å². The van der Waals surface area contributed by atoms with E-state index in [1.807, 2.05) is 13.8 Å². The van der Waals surface area contributed by atoms with Crippen LogP contribution in [0.3, 0.4) is 0 Å². The molecule has 110 valence electrons. The second-order valence-electron chi connectivity index (χ2n) is 4.84. The standard InChI is InChI=1S/C13H19ClN4O2/c1-8-11(14)16-10(3)17-12(8)15-9(2)13(19)18-4-6-20-7-5-18/h9H,4-7H2,1-3H3,(H,15,16,17). The van der Waals surface area contributed by atoms with Crippen LogP contribution in [0.25, 0.3) is 0 Å². The molecule has 1 N–H and O–H groups in total. The molecule has 0 aliphatic carbocycles. The van der Waals surface area contributed by atoms with E-state index < -0.39 is 0 Å². The maximum Gasteiger partial charge on any atom is 0.244 e. The molecule has 0 bridgehead atoms. The number of aromatic nitrogens is 2. The van der Waals surface area contributed by atoms with E-state index in [-0.39, 0.29) is 11.9 Å². The Hall–Kier alpha value is -1.40. The number of ether oxygens (including phenoxy) is 1. The molecule has 7 heteroatoms. The zero-order valence-electron chi connectivity index (χ0n) is 11.9. The maximum atomic E-state index is 12.3. The van der Waals surface area contributed by atoms with Gasteiger partial charge in [0.2, 0.25) is 5.91 Å². The molecule has 1 fully saturated rings. The molecular formula is C13H19ClN4O2. The van der Waals surface area contributed by atoms with Crippen LogP contribution in [-0.2, 0) is 9.53 Å². The second kappa shape index (κ2) is 6.37. The summed E-state index contributed by atoms with van der Waals surface area (Å²) in [4.78, 5) is 22.5. The minimum Gasteiger partial charge on any atom is -0.378 e. The third-order valence-electron chi connectivity index (χ3n) is 3.24. The van der Waals surface area contributed by atoms with E-state index in [1.165, 1.54) is 0 Å². The summed E-state index contributed by atoms with van der Waals surface area (Å²) in [7, 11) is 0. The SMILES string of the molecule is Cc1nc(Cl)c(C)c(NC(C)C(=O)N2CCOCC2)n1. The largest absolute Gasteiger partial charge is 0.378 e. The molecule has 6 nitrogen and oxygen atoms in total. The van der Waals surface area contributed by atoms with Crippen LogP contribution in [0.2, 0.25) is 5.15 Å². The smallest absolute Gasteiger partial charge is 0.244 e. The van der Waals surface area contributed by atoms with Crippen molar-refractivity contribution in [3.05, 3.63) is 16.5 Å². The summed E-state index contributed by atoms with van der Waals surface area (Å²) in [6, 6.07) is -0.364. The Kier molecular flexibility index (Phi) is 4.77. The predicted molar refractivity (Wildman–Crippen MR) is 77.0 cm³/mol. The van der Waals surface area contributed by atoms with Crippen LogP contribution < -0.4 is 5.32 Å². The summed E-state index contributed by atoms with van der Waals surface area (Å²) >= 11 is 6.03. The number of carbonyl (C=O) groups excluding carboxylic acids is 1. The fourth-order valence-electron chi connectivity index (χ4n) is 2.06. The monoisotopic (exact) mass is 298 g/mol. The first-order valence-electron chi connectivity index (χ1n) is 6.63. The van der Waals surface area contributed by atoms with E-state index >= 15 is 0 Å². The minimum atomic E-state index is -0.364. The number of rotatable bonds is 3. The van der Waals surface area contributed by atoms with E-state index in [4.69, 9.17) is 16.3 Å². The van der Waals surface area contributed by atoms with Crippen molar-refractivity contribution in [1.29, 1.82) is 0 Å². The number of nitrogens with one attached hydrogen (secondary N) is 1. The number of hydrogen-bond acceptors (Lipinski definition) is 5. The quantitative estimate of drug-likeness (QED) is 0.855. The summed E-state index contributed by atoms with van der Waals surface area (Å²) in [5.74, 6) is 1.23. The predicted octanol–water partition coefficient (Wildman–Crippen LogP) is 1.41. The highest BCUT2D eigenvalue weighted by Crippen LogP contribution is 2.20. The van der Waals surface area contributed by atoms with Crippen molar-refractivity contribution in [2.24, 2.45) is 0 Å². The van der Waals surface area contributed by atoms with Crippen LogP contribution >= 0.6 is 11.6 Å². The highest BCUT2D eigenvalue weighted by molar-refractivity contribution is 6.30. The molecule has 0 spiro atoms. The molecule has 0 saturated carbocycles. The molecule has 1 aromatic heterocycles. The third kappa shape index (κ3) is 3.37. The fourth-order valence-corrected chi connectivity index (χ4v) is 2.27. The number of amides is 1. The highest BCUT2D eigenvalue weighted by Gasteiger charge is 2.23. The molecular weight excluding hydrogens is 280 g/mol. The number of morpholine rings is 1. The molecule has 1 unspecified atom stereocenters. The lowest BCUT2D eigenvalue weighted by Crippen LogP contribution is -2.47. The van der Waals surface area contributed by atoms with Crippen LogP contribution in [0, 0.1) is 13.8 Å². The Balaban J connectivity index is 2.07. The zero-order chi connectivity index (χ0) is 14.7. The van der Waals surface area contributed by atoms with Crippen molar-refractivity contribution in [3.8, 4) is 0 Å². The van der Waals surface area contributed by atoms with Gasteiger partial charge in [0.05, 0.1) is 13.2 Å². The lowest BCUT2D eigenvalue weighted by molar-refractivity contribution is -0.135. The lowest BCUT2D eigenvalue weighted by Gasteiger charge is -2.29. The van der Waals surface area contributed by atoms with Gasteiger partial charge >= 0.3 is 0 Å².